The van der Waals surface area contributed by atoms with Crippen molar-refractivity contribution in [2.75, 3.05) is 0 Å². The number of aliphatic hydroxyl groups is 1. The first-order valence-electron chi connectivity index (χ1n) is 12.0. The lowest BCUT2D eigenvalue weighted by atomic mass is 9.93. The van der Waals surface area contributed by atoms with Crippen LogP contribution in [0.1, 0.15) is 54.2 Å². The Morgan fingerprint density at radius 2 is 1.69 bits per heavy atom. The van der Waals surface area contributed by atoms with Crippen molar-refractivity contribution in [1.29, 1.82) is 0 Å². The predicted molar refractivity (Wildman–Crippen MR) is 133 cm³/mol. The minimum Gasteiger partial charge on any atom is -0.481 e. The van der Waals surface area contributed by atoms with E-state index < -0.39 is 17.5 Å². The molecular weight excluding hydrogens is 440 g/mol. The van der Waals surface area contributed by atoms with E-state index in [1.165, 1.54) is 0 Å². The number of carbonyl (C=O) groups is 1. The molecule has 35 heavy (non-hydrogen) atoms. The number of aromatic nitrogens is 2. The number of hydrogen-bond acceptors (Lipinski definition) is 5. The molecule has 0 radical (unpaired) electrons. The molecule has 1 aliphatic carbocycles. The summed E-state index contributed by atoms with van der Waals surface area (Å²) in [5.74, 6) is 0.0248. The Morgan fingerprint density at radius 3 is 2.29 bits per heavy atom. The van der Waals surface area contributed by atoms with Crippen LogP contribution in [-0.2, 0) is 16.6 Å². The molecule has 4 aromatic rings. The minimum absolute atomic E-state index is 0.539. The van der Waals surface area contributed by atoms with Crippen LogP contribution in [0.25, 0.3) is 22.5 Å². The van der Waals surface area contributed by atoms with Crippen LogP contribution in [-0.4, -0.2) is 26.3 Å². The molecule has 1 fully saturated rings. The molecule has 2 N–H and O–H groups in total. The maximum Gasteiger partial charge on any atom is 0.314 e. The van der Waals surface area contributed by atoms with Gasteiger partial charge < -0.3 is 14.7 Å². The number of aliphatic hydroxyl groups excluding tert-OH is 1. The highest BCUT2D eigenvalue weighted by Gasteiger charge is 2.51. The van der Waals surface area contributed by atoms with E-state index in [-0.39, 0.29) is 0 Å². The molecule has 2 aromatic carbocycles. The summed E-state index contributed by atoms with van der Waals surface area (Å²) in [5, 5.41) is 24.1. The number of aryl methyl sites for hydroxylation is 1. The Hall–Kier alpha value is -3.77. The highest BCUT2D eigenvalue weighted by atomic mass is 16.5. The molecule has 5 rings (SSSR count). The van der Waals surface area contributed by atoms with Gasteiger partial charge in [-0.15, -0.1) is 0 Å². The van der Waals surface area contributed by atoms with Crippen LogP contribution in [0.15, 0.2) is 77.6 Å². The monoisotopic (exact) mass is 468 g/mol. The zero-order valence-corrected chi connectivity index (χ0v) is 19.6. The molecule has 6 nitrogen and oxygen atoms in total. The van der Waals surface area contributed by atoms with Gasteiger partial charge in [0.15, 0.2) is 5.76 Å². The molecule has 0 saturated heterocycles. The Morgan fingerprint density at radius 1 is 1.03 bits per heavy atom. The van der Waals surface area contributed by atoms with Gasteiger partial charge in [-0.05, 0) is 67.3 Å². The maximum atomic E-state index is 11.6. The number of carboxylic acid groups (broad SMARTS) is 1. The molecule has 0 spiro atoms. The summed E-state index contributed by atoms with van der Waals surface area (Å²) >= 11 is 0. The van der Waals surface area contributed by atoms with Crippen molar-refractivity contribution in [1.82, 2.24) is 10.1 Å². The zero-order chi connectivity index (χ0) is 24.4. The third kappa shape index (κ3) is 4.62. The molecule has 6 heteroatoms. The molecule has 1 saturated carbocycles. The molecule has 1 aliphatic rings. The smallest absolute Gasteiger partial charge is 0.314 e. The van der Waals surface area contributed by atoms with Gasteiger partial charge in [0.05, 0.1) is 17.2 Å². The van der Waals surface area contributed by atoms with Crippen LogP contribution >= 0.6 is 0 Å². The van der Waals surface area contributed by atoms with Crippen LogP contribution in [0.3, 0.4) is 0 Å². The Kier molecular flexibility index (Phi) is 6.22. The van der Waals surface area contributed by atoms with E-state index in [0.717, 1.165) is 57.7 Å². The van der Waals surface area contributed by atoms with Crippen molar-refractivity contribution >= 4 is 5.97 Å². The second kappa shape index (κ2) is 9.47. The molecule has 0 aliphatic heterocycles. The molecular formula is C29H28N2O4. The number of rotatable bonds is 9. The van der Waals surface area contributed by atoms with Gasteiger partial charge in [0.2, 0.25) is 0 Å². The average molecular weight is 469 g/mol. The number of nitrogens with zero attached hydrogens (tertiary/aromatic N) is 2. The Balaban J connectivity index is 1.27. The van der Waals surface area contributed by atoms with Crippen LogP contribution in [0, 0.1) is 6.92 Å². The fourth-order valence-corrected chi connectivity index (χ4v) is 4.67. The second-order valence-electron chi connectivity index (χ2n) is 9.31. The third-order valence-corrected chi connectivity index (χ3v) is 7.04. The number of benzene rings is 2. The first-order chi connectivity index (χ1) is 17.0. The van der Waals surface area contributed by atoms with E-state index in [2.05, 4.69) is 10.1 Å². The van der Waals surface area contributed by atoms with Gasteiger partial charge in [0.25, 0.3) is 0 Å². The van der Waals surface area contributed by atoms with Crippen molar-refractivity contribution in [3.05, 3.63) is 95.4 Å². The minimum atomic E-state index is -0.737. The van der Waals surface area contributed by atoms with Crippen LogP contribution in [0.2, 0.25) is 0 Å². The van der Waals surface area contributed by atoms with Gasteiger partial charge in [-0.3, -0.25) is 9.78 Å². The van der Waals surface area contributed by atoms with Crippen LogP contribution < -0.4 is 0 Å². The molecule has 178 valence electrons. The van der Waals surface area contributed by atoms with Crippen molar-refractivity contribution in [3.8, 4) is 22.5 Å². The first kappa shape index (κ1) is 23.0. The lowest BCUT2D eigenvalue weighted by molar-refractivity contribution is -0.140. The average Bonchev–Trinajstić information content (AvgIpc) is 3.63. The normalized spacial score (nSPS) is 15.0. The van der Waals surface area contributed by atoms with Gasteiger partial charge in [-0.2, -0.15) is 0 Å². The van der Waals surface area contributed by atoms with E-state index in [1.54, 1.807) is 12.4 Å². The van der Waals surface area contributed by atoms with Gasteiger partial charge in [0.1, 0.15) is 0 Å². The van der Waals surface area contributed by atoms with E-state index in [9.17, 15) is 15.0 Å². The fourth-order valence-electron chi connectivity index (χ4n) is 4.67. The standard InChI is InChI=1S/C29H28N2O4/c1-19-25(5-2-6-26(32)23-4-3-17-30-18-23)27(35-31-19)22-9-7-20(8-10-22)21-11-13-24(14-12-21)29(15-16-29)28(33)34/h3-4,7-14,17-18,26,32H,2,5-6,15-16H2,1H3,(H,33,34). The quantitative estimate of drug-likeness (QED) is 0.318. The highest BCUT2D eigenvalue weighted by Crippen LogP contribution is 2.48. The summed E-state index contributed by atoms with van der Waals surface area (Å²) in [6.45, 7) is 1.94. The van der Waals surface area contributed by atoms with Crippen LogP contribution in [0.4, 0.5) is 0 Å². The summed E-state index contributed by atoms with van der Waals surface area (Å²) in [5.41, 5.74) is 5.99. The molecule has 0 bridgehead atoms. The van der Waals surface area contributed by atoms with Gasteiger partial charge >= 0.3 is 5.97 Å². The topological polar surface area (TPSA) is 96.5 Å². The van der Waals surface area contributed by atoms with Gasteiger partial charge in [-0.1, -0.05) is 59.8 Å². The van der Waals surface area contributed by atoms with E-state index in [0.29, 0.717) is 19.3 Å². The Labute approximate surface area is 204 Å². The second-order valence-corrected chi connectivity index (χ2v) is 9.31. The van der Waals surface area contributed by atoms with Gasteiger partial charge in [0, 0.05) is 23.5 Å². The molecule has 2 aromatic heterocycles. The van der Waals surface area contributed by atoms with E-state index in [4.69, 9.17) is 4.52 Å². The largest absolute Gasteiger partial charge is 0.481 e. The van der Waals surface area contributed by atoms with Crippen molar-refractivity contribution in [2.45, 2.75) is 50.5 Å². The molecule has 1 atom stereocenters. The summed E-state index contributed by atoms with van der Waals surface area (Å²) < 4.78 is 5.67. The highest BCUT2D eigenvalue weighted by molar-refractivity contribution is 5.85. The summed E-state index contributed by atoms with van der Waals surface area (Å²) in [6, 6.07) is 19.7. The molecule has 1 unspecified atom stereocenters. The summed E-state index contributed by atoms with van der Waals surface area (Å²) in [4.78, 5) is 15.7. The zero-order valence-electron chi connectivity index (χ0n) is 19.6. The van der Waals surface area contributed by atoms with Crippen LogP contribution in [0.5, 0.6) is 0 Å². The van der Waals surface area contributed by atoms with Crippen molar-refractivity contribution in [2.24, 2.45) is 0 Å². The summed E-state index contributed by atoms with van der Waals surface area (Å²) in [7, 11) is 0. The lowest BCUT2D eigenvalue weighted by Crippen LogP contribution is -2.19. The number of hydrogen-bond donors (Lipinski definition) is 2. The fraction of sp³-hybridized carbons (Fsp3) is 0.276. The predicted octanol–water partition coefficient (Wildman–Crippen LogP) is 5.88. The summed E-state index contributed by atoms with van der Waals surface area (Å²) in [6.07, 6.45) is 6.47. The number of carboxylic acids is 1. The van der Waals surface area contributed by atoms with Crippen molar-refractivity contribution < 1.29 is 19.5 Å². The lowest BCUT2D eigenvalue weighted by Gasteiger charge is -2.11. The third-order valence-electron chi connectivity index (χ3n) is 7.04. The van der Waals surface area contributed by atoms with E-state index in [1.807, 2.05) is 67.6 Å². The van der Waals surface area contributed by atoms with Crippen molar-refractivity contribution in [3.63, 3.8) is 0 Å². The molecule has 2 heterocycles. The SMILES string of the molecule is Cc1noc(-c2ccc(-c3ccc(C4(C(=O)O)CC4)cc3)cc2)c1CCCC(O)c1cccnc1. The van der Waals surface area contributed by atoms with E-state index >= 15 is 0 Å². The first-order valence-corrected chi connectivity index (χ1v) is 12.0. The number of aliphatic carboxylic acids is 1. The molecule has 0 amide bonds. The number of pyridine rings is 1. The Bertz CT molecular complexity index is 1310. The maximum absolute atomic E-state index is 11.6. The van der Waals surface area contributed by atoms with Gasteiger partial charge in [-0.25, -0.2) is 0 Å².